The predicted molar refractivity (Wildman–Crippen MR) is 152 cm³/mol. The molecule has 2 saturated heterocycles. The maximum atomic E-state index is 6.56. The van der Waals surface area contributed by atoms with E-state index in [0.717, 1.165) is 64.8 Å². The number of piperazine rings is 1. The first-order valence-corrected chi connectivity index (χ1v) is 14.8. The molecule has 3 fully saturated rings. The second-order valence-electron chi connectivity index (χ2n) is 11.0. The molecule has 36 heavy (non-hydrogen) atoms. The van der Waals surface area contributed by atoms with E-state index in [2.05, 4.69) is 67.1 Å². The molecule has 3 aliphatic carbocycles. The highest BCUT2D eigenvalue weighted by Crippen LogP contribution is 2.34. The van der Waals surface area contributed by atoms with Crippen molar-refractivity contribution < 1.29 is 4.74 Å². The van der Waals surface area contributed by atoms with Crippen LogP contribution in [0.2, 0.25) is 0 Å². The van der Waals surface area contributed by atoms with E-state index >= 15 is 0 Å². The molecular formula is C30H43BrN4O. The van der Waals surface area contributed by atoms with E-state index in [1.807, 2.05) is 6.08 Å². The molecule has 0 spiro atoms. The summed E-state index contributed by atoms with van der Waals surface area (Å²) in [4.78, 5) is 7.80. The van der Waals surface area contributed by atoms with Gasteiger partial charge in [-0.15, -0.1) is 0 Å². The van der Waals surface area contributed by atoms with Crippen LogP contribution >= 0.6 is 15.9 Å². The van der Waals surface area contributed by atoms with Crippen LogP contribution in [0, 0.1) is 5.92 Å². The van der Waals surface area contributed by atoms with Crippen LogP contribution in [0.1, 0.15) is 51.4 Å². The van der Waals surface area contributed by atoms with Crippen LogP contribution in [-0.2, 0) is 4.74 Å². The zero-order valence-electron chi connectivity index (χ0n) is 21.7. The Morgan fingerprint density at radius 2 is 1.89 bits per heavy atom. The van der Waals surface area contributed by atoms with Gasteiger partial charge in [0.2, 0.25) is 0 Å². The number of rotatable bonds is 5. The number of nitrogens with two attached hydrogens (primary N) is 1. The van der Waals surface area contributed by atoms with Crippen molar-refractivity contribution in [1.29, 1.82) is 0 Å². The molecule has 2 N–H and O–H groups in total. The summed E-state index contributed by atoms with van der Waals surface area (Å²) >= 11 is 3.64. The fourth-order valence-electron chi connectivity index (χ4n) is 6.45. The Morgan fingerprint density at radius 3 is 2.69 bits per heavy atom. The van der Waals surface area contributed by atoms with E-state index < -0.39 is 0 Å². The van der Waals surface area contributed by atoms with Gasteiger partial charge in [0.15, 0.2) is 0 Å². The second-order valence-corrected chi connectivity index (χ2v) is 12.0. The van der Waals surface area contributed by atoms with Crippen LogP contribution in [0.3, 0.4) is 0 Å². The summed E-state index contributed by atoms with van der Waals surface area (Å²) in [6, 6.07) is 0.732. The van der Waals surface area contributed by atoms with E-state index in [-0.39, 0.29) is 0 Å². The average Bonchev–Trinajstić information content (AvgIpc) is 3.24. The molecule has 5 nitrogen and oxygen atoms in total. The lowest BCUT2D eigenvalue weighted by Crippen LogP contribution is -2.46. The molecule has 0 radical (unpaired) electrons. The van der Waals surface area contributed by atoms with Gasteiger partial charge in [0.05, 0.1) is 12.8 Å². The minimum absolute atomic E-state index is 0.295. The third-order valence-corrected chi connectivity index (χ3v) is 9.13. The number of hydrogen-bond donors (Lipinski definition) is 1. The third kappa shape index (κ3) is 6.83. The number of allylic oxidation sites excluding steroid dienone is 8. The van der Waals surface area contributed by atoms with Crippen molar-refractivity contribution in [2.75, 3.05) is 46.0 Å². The van der Waals surface area contributed by atoms with Crippen molar-refractivity contribution in [3.63, 3.8) is 0 Å². The van der Waals surface area contributed by atoms with Gasteiger partial charge in [-0.05, 0) is 90.6 Å². The minimum atomic E-state index is 0.295. The molecule has 5 rings (SSSR count). The Hall–Kier alpha value is -1.60. The quantitative estimate of drug-likeness (QED) is 0.489. The zero-order chi connectivity index (χ0) is 24.7. The Balaban J connectivity index is 1.25. The van der Waals surface area contributed by atoms with Crippen molar-refractivity contribution in [2.45, 2.75) is 63.5 Å². The Kier molecular flexibility index (Phi) is 9.23. The molecule has 2 bridgehead atoms. The minimum Gasteiger partial charge on any atom is -0.405 e. The maximum Gasteiger partial charge on any atom is 0.0996 e. The third-order valence-electron chi connectivity index (χ3n) is 8.54. The van der Waals surface area contributed by atoms with E-state index in [1.165, 1.54) is 60.0 Å². The molecule has 5 aliphatic rings. The Morgan fingerprint density at radius 1 is 1.06 bits per heavy atom. The molecule has 2 heterocycles. The van der Waals surface area contributed by atoms with E-state index in [4.69, 9.17) is 10.5 Å². The molecule has 0 amide bonds. The second kappa shape index (κ2) is 12.8. The molecule has 2 atom stereocenters. The van der Waals surface area contributed by atoms with Gasteiger partial charge in [-0.1, -0.05) is 47.0 Å². The van der Waals surface area contributed by atoms with Crippen LogP contribution in [0.25, 0.3) is 0 Å². The Labute approximate surface area is 226 Å². The highest BCUT2D eigenvalue weighted by atomic mass is 79.9. The van der Waals surface area contributed by atoms with Crippen LogP contribution in [0.4, 0.5) is 0 Å². The van der Waals surface area contributed by atoms with Gasteiger partial charge in [0, 0.05) is 51.0 Å². The van der Waals surface area contributed by atoms with E-state index in [9.17, 15) is 0 Å². The smallest absolute Gasteiger partial charge is 0.0996 e. The van der Waals surface area contributed by atoms with Gasteiger partial charge in [0.25, 0.3) is 0 Å². The van der Waals surface area contributed by atoms with Crippen LogP contribution in [0.5, 0.6) is 0 Å². The molecule has 196 valence electrons. The normalized spacial score (nSPS) is 30.5. The summed E-state index contributed by atoms with van der Waals surface area (Å²) in [7, 11) is 0. The summed E-state index contributed by atoms with van der Waals surface area (Å²) in [5.74, 6) is 0.592. The number of halogens is 1. The average molecular weight is 556 g/mol. The van der Waals surface area contributed by atoms with Crippen molar-refractivity contribution >= 4 is 15.9 Å². The van der Waals surface area contributed by atoms with Crippen molar-refractivity contribution in [2.24, 2.45) is 11.7 Å². The van der Waals surface area contributed by atoms with Gasteiger partial charge < -0.3 is 15.4 Å². The van der Waals surface area contributed by atoms with Crippen molar-refractivity contribution in [3.05, 3.63) is 70.1 Å². The Bertz CT molecular complexity index is 935. The number of ether oxygens (including phenoxy) is 1. The van der Waals surface area contributed by atoms with E-state index in [0.29, 0.717) is 12.0 Å². The number of hydrogen-bond acceptors (Lipinski definition) is 5. The molecule has 2 aliphatic heterocycles. The first-order chi connectivity index (χ1) is 17.7. The van der Waals surface area contributed by atoms with Gasteiger partial charge >= 0.3 is 0 Å². The fourth-order valence-corrected chi connectivity index (χ4v) is 6.77. The summed E-state index contributed by atoms with van der Waals surface area (Å²) in [6.45, 7) is 7.31. The molecule has 1 saturated carbocycles. The highest BCUT2D eigenvalue weighted by molar-refractivity contribution is 9.11. The van der Waals surface area contributed by atoms with Gasteiger partial charge in [-0.25, -0.2) is 0 Å². The molecule has 0 aromatic heterocycles. The fraction of sp³-hybridized carbons (Fsp3) is 0.600. The van der Waals surface area contributed by atoms with Crippen molar-refractivity contribution in [1.82, 2.24) is 14.7 Å². The standard InChI is InChI=1S/C30H43BrN4O/c31-27-6-3-9-29(11-10-27)34-17-15-33(16-18-34)22-26-19-24-12-14-35(28-7-1-2-8-28)23-36-30(20-24)21-25(26)5-4-13-32/h3-5,9-11,13,19,24,28,30H,1-2,6-8,12,14-18,20-23,32H2/b13-4-,25-5+. The number of fused-ring (bicyclic) bond motifs is 2. The van der Waals surface area contributed by atoms with Gasteiger partial charge in [-0.3, -0.25) is 9.80 Å². The number of nitrogens with zero attached hydrogens (tertiary/aromatic N) is 3. The monoisotopic (exact) mass is 554 g/mol. The summed E-state index contributed by atoms with van der Waals surface area (Å²) in [5, 5.41) is 0. The van der Waals surface area contributed by atoms with Crippen LogP contribution in [0.15, 0.2) is 70.1 Å². The summed E-state index contributed by atoms with van der Waals surface area (Å²) < 4.78 is 7.80. The van der Waals surface area contributed by atoms with Crippen LogP contribution in [-0.4, -0.2) is 72.8 Å². The molecule has 0 aromatic carbocycles. The zero-order valence-corrected chi connectivity index (χ0v) is 23.2. The first-order valence-electron chi connectivity index (χ1n) is 14.0. The molecular weight excluding hydrogens is 512 g/mol. The molecule has 2 unspecified atom stereocenters. The topological polar surface area (TPSA) is 45.0 Å². The molecule has 0 aromatic rings. The van der Waals surface area contributed by atoms with Crippen LogP contribution < -0.4 is 5.73 Å². The van der Waals surface area contributed by atoms with Gasteiger partial charge in [0.1, 0.15) is 0 Å². The van der Waals surface area contributed by atoms with E-state index in [1.54, 1.807) is 6.20 Å². The summed E-state index contributed by atoms with van der Waals surface area (Å²) in [6.07, 6.45) is 27.6. The lowest BCUT2D eigenvalue weighted by Gasteiger charge is -2.37. The maximum absolute atomic E-state index is 6.56. The highest BCUT2D eigenvalue weighted by Gasteiger charge is 2.31. The largest absolute Gasteiger partial charge is 0.405 e. The van der Waals surface area contributed by atoms with Crippen molar-refractivity contribution in [3.8, 4) is 0 Å². The summed E-state index contributed by atoms with van der Waals surface area (Å²) in [5.41, 5.74) is 9.98. The lowest BCUT2D eigenvalue weighted by molar-refractivity contribution is -0.0578. The first kappa shape index (κ1) is 26.0. The lowest BCUT2D eigenvalue weighted by atomic mass is 9.96. The molecule has 6 heteroatoms. The predicted octanol–water partition coefficient (Wildman–Crippen LogP) is 5.45. The van der Waals surface area contributed by atoms with Gasteiger partial charge in [-0.2, -0.15) is 0 Å². The SMILES string of the molecule is N/C=C\C=C1/CC2CC(C=C1CN1CCN(C3=CC=C(Br)CC=C3)CC1)CCN(C1CCCC1)CO2.